The summed E-state index contributed by atoms with van der Waals surface area (Å²) in [5.74, 6) is 1.19. The fraction of sp³-hybridized carbons (Fsp3) is 0.375. The standard InChI is InChI=1S/C24H29N3O4/c1-4-12-30-22-11-10-18(14-23(22)31-13-5-2)17(3)26-24(29)16-27-20-9-7-6-8-19(20)21(28)15-25-27/h6-11,14-15,17H,4-5,12-13,16H2,1-3H3,(H,26,29). The van der Waals surface area contributed by atoms with Gasteiger partial charge in [-0.25, -0.2) is 0 Å². The lowest BCUT2D eigenvalue weighted by Crippen LogP contribution is -2.31. The summed E-state index contributed by atoms with van der Waals surface area (Å²) < 4.78 is 13.2. The lowest BCUT2D eigenvalue weighted by Gasteiger charge is -2.18. The predicted molar refractivity (Wildman–Crippen MR) is 121 cm³/mol. The molecule has 7 nitrogen and oxygen atoms in total. The number of rotatable bonds is 10. The number of nitrogens with zero attached hydrogens (tertiary/aromatic N) is 2. The van der Waals surface area contributed by atoms with Crippen LogP contribution in [0, 0.1) is 0 Å². The van der Waals surface area contributed by atoms with Gasteiger partial charge in [-0.2, -0.15) is 5.10 Å². The van der Waals surface area contributed by atoms with E-state index in [1.807, 2.05) is 38.1 Å². The van der Waals surface area contributed by atoms with Gasteiger partial charge >= 0.3 is 0 Å². The van der Waals surface area contributed by atoms with Crippen LogP contribution >= 0.6 is 0 Å². The molecule has 0 aliphatic heterocycles. The second kappa shape index (κ2) is 10.6. The first-order valence-electron chi connectivity index (χ1n) is 10.7. The molecule has 164 valence electrons. The number of hydrogen-bond donors (Lipinski definition) is 1. The summed E-state index contributed by atoms with van der Waals surface area (Å²) in [6, 6.07) is 12.6. The molecule has 0 spiro atoms. The molecule has 1 atom stereocenters. The Morgan fingerprint density at radius 1 is 1.06 bits per heavy atom. The third-order valence-electron chi connectivity index (χ3n) is 4.82. The number of carbonyl (C=O) groups is 1. The van der Waals surface area contributed by atoms with Crippen LogP contribution in [0.4, 0.5) is 0 Å². The van der Waals surface area contributed by atoms with Crippen LogP contribution in [0.2, 0.25) is 0 Å². The topological polar surface area (TPSA) is 82.5 Å². The van der Waals surface area contributed by atoms with E-state index in [-0.39, 0.29) is 23.9 Å². The van der Waals surface area contributed by atoms with Crippen molar-refractivity contribution in [2.24, 2.45) is 0 Å². The van der Waals surface area contributed by atoms with E-state index < -0.39 is 0 Å². The Morgan fingerprint density at radius 3 is 2.52 bits per heavy atom. The van der Waals surface area contributed by atoms with Gasteiger partial charge in [0.15, 0.2) is 11.5 Å². The molecule has 0 aliphatic rings. The molecule has 0 saturated heterocycles. The van der Waals surface area contributed by atoms with Crippen molar-refractivity contribution in [3.05, 3.63) is 64.4 Å². The molecule has 0 radical (unpaired) electrons. The average molecular weight is 424 g/mol. The quantitative estimate of drug-likeness (QED) is 0.536. The van der Waals surface area contributed by atoms with Crippen molar-refractivity contribution < 1.29 is 14.3 Å². The van der Waals surface area contributed by atoms with E-state index in [2.05, 4.69) is 17.3 Å². The molecular weight excluding hydrogens is 394 g/mol. The molecular formula is C24H29N3O4. The Bertz CT molecular complexity index is 1090. The Morgan fingerprint density at radius 2 is 1.77 bits per heavy atom. The van der Waals surface area contributed by atoms with Crippen molar-refractivity contribution in [2.75, 3.05) is 13.2 Å². The van der Waals surface area contributed by atoms with Gasteiger partial charge in [0.25, 0.3) is 0 Å². The molecule has 1 heterocycles. The van der Waals surface area contributed by atoms with Crippen LogP contribution in [0.15, 0.2) is 53.5 Å². The van der Waals surface area contributed by atoms with Crippen LogP contribution in [0.1, 0.15) is 45.2 Å². The molecule has 1 aromatic heterocycles. The number of aromatic nitrogens is 2. The van der Waals surface area contributed by atoms with Crippen LogP contribution in [-0.2, 0) is 11.3 Å². The molecule has 0 saturated carbocycles. The highest BCUT2D eigenvalue weighted by Crippen LogP contribution is 2.31. The summed E-state index contributed by atoms with van der Waals surface area (Å²) in [4.78, 5) is 24.7. The van der Waals surface area contributed by atoms with E-state index in [9.17, 15) is 9.59 Å². The van der Waals surface area contributed by atoms with Gasteiger partial charge in [-0.15, -0.1) is 0 Å². The number of amides is 1. The summed E-state index contributed by atoms with van der Waals surface area (Å²) in [5, 5.41) is 7.66. The third kappa shape index (κ3) is 5.63. The minimum absolute atomic E-state index is 0.0159. The van der Waals surface area contributed by atoms with Gasteiger partial charge in [-0.1, -0.05) is 32.0 Å². The molecule has 0 aliphatic carbocycles. The first-order valence-corrected chi connectivity index (χ1v) is 10.7. The first kappa shape index (κ1) is 22.3. The maximum atomic E-state index is 12.7. The maximum Gasteiger partial charge on any atom is 0.242 e. The fourth-order valence-corrected chi connectivity index (χ4v) is 3.24. The number of hydrogen-bond acceptors (Lipinski definition) is 5. The van der Waals surface area contributed by atoms with Gasteiger partial charge in [0.1, 0.15) is 6.54 Å². The smallest absolute Gasteiger partial charge is 0.242 e. The summed E-state index contributed by atoms with van der Waals surface area (Å²) in [6.45, 7) is 7.25. The van der Waals surface area contributed by atoms with Crippen LogP contribution in [-0.4, -0.2) is 28.9 Å². The second-order valence-corrected chi connectivity index (χ2v) is 7.38. The SMILES string of the molecule is CCCOc1ccc(C(C)NC(=O)Cn2ncc(=O)c3ccccc32)cc1OCCC. The van der Waals surface area contributed by atoms with E-state index in [0.29, 0.717) is 35.6 Å². The predicted octanol–water partition coefficient (Wildman–Crippen LogP) is 3.85. The number of benzene rings is 2. The Hall–Kier alpha value is -3.35. The second-order valence-electron chi connectivity index (χ2n) is 7.38. The molecule has 1 unspecified atom stereocenters. The molecule has 3 rings (SSSR count). The molecule has 1 N–H and O–H groups in total. The molecule has 31 heavy (non-hydrogen) atoms. The number of nitrogens with one attached hydrogen (secondary N) is 1. The lowest BCUT2D eigenvalue weighted by molar-refractivity contribution is -0.122. The lowest BCUT2D eigenvalue weighted by atomic mass is 10.1. The highest BCUT2D eigenvalue weighted by molar-refractivity contribution is 5.81. The summed E-state index contributed by atoms with van der Waals surface area (Å²) in [5.41, 5.74) is 1.39. The molecule has 2 aromatic carbocycles. The first-order chi connectivity index (χ1) is 15.0. The zero-order valence-electron chi connectivity index (χ0n) is 18.3. The van der Waals surface area contributed by atoms with E-state index in [0.717, 1.165) is 18.4 Å². The number of para-hydroxylation sites is 1. The normalized spacial score (nSPS) is 11.8. The zero-order chi connectivity index (χ0) is 22.2. The van der Waals surface area contributed by atoms with Crippen molar-refractivity contribution in [3.8, 4) is 11.5 Å². The van der Waals surface area contributed by atoms with Gasteiger partial charge in [-0.3, -0.25) is 14.3 Å². The monoisotopic (exact) mass is 423 g/mol. The minimum atomic E-state index is -0.234. The van der Waals surface area contributed by atoms with Crippen molar-refractivity contribution in [1.29, 1.82) is 0 Å². The van der Waals surface area contributed by atoms with Gasteiger partial charge in [0.2, 0.25) is 11.3 Å². The van der Waals surface area contributed by atoms with Gasteiger partial charge in [0, 0.05) is 5.39 Å². The Labute approximate surface area is 182 Å². The van der Waals surface area contributed by atoms with Crippen LogP contribution in [0.25, 0.3) is 10.9 Å². The maximum absolute atomic E-state index is 12.7. The molecule has 0 fully saturated rings. The van der Waals surface area contributed by atoms with E-state index >= 15 is 0 Å². The Kier molecular flexibility index (Phi) is 7.65. The van der Waals surface area contributed by atoms with Crippen LogP contribution in [0.5, 0.6) is 11.5 Å². The Balaban J connectivity index is 1.73. The zero-order valence-corrected chi connectivity index (χ0v) is 18.3. The van der Waals surface area contributed by atoms with Gasteiger partial charge < -0.3 is 14.8 Å². The van der Waals surface area contributed by atoms with Gasteiger partial charge in [-0.05, 0) is 49.6 Å². The third-order valence-corrected chi connectivity index (χ3v) is 4.82. The molecule has 1 amide bonds. The van der Waals surface area contributed by atoms with Gasteiger partial charge in [0.05, 0.1) is 31.0 Å². The fourth-order valence-electron chi connectivity index (χ4n) is 3.24. The largest absolute Gasteiger partial charge is 0.490 e. The van der Waals surface area contributed by atoms with E-state index in [1.54, 1.807) is 18.2 Å². The molecule has 7 heteroatoms. The van der Waals surface area contributed by atoms with E-state index in [4.69, 9.17) is 9.47 Å². The summed E-state index contributed by atoms with van der Waals surface area (Å²) in [6.07, 6.45) is 3.05. The number of fused-ring (bicyclic) bond motifs is 1. The summed E-state index contributed by atoms with van der Waals surface area (Å²) in [7, 11) is 0. The van der Waals surface area contributed by atoms with Crippen LogP contribution in [0.3, 0.4) is 0 Å². The summed E-state index contributed by atoms with van der Waals surface area (Å²) >= 11 is 0. The van der Waals surface area contributed by atoms with Crippen molar-refractivity contribution >= 4 is 16.8 Å². The minimum Gasteiger partial charge on any atom is -0.490 e. The molecule has 3 aromatic rings. The van der Waals surface area contributed by atoms with Crippen molar-refractivity contribution in [3.63, 3.8) is 0 Å². The highest BCUT2D eigenvalue weighted by Gasteiger charge is 2.15. The molecule has 0 bridgehead atoms. The number of carbonyl (C=O) groups excluding carboxylic acids is 1. The van der Waals surface area contributed by atoms with Crippen LogP contribution < -0.4 is 20.2 Å². The van der Waals surface area contributed by atoms with Crippen molar-refractivity contribution in [2.45, 2.75) is 46.2 Å². The van der Waals surface area contributed by atoms with E-state index in [1.165, 1.54) is 10.9 Å². The number of ether oxygens (including phenoxy) is 2. The highest BCUT2D eigenvalue weighted by atomic mass is 16.5. The average Bonchev–Trinajstić information content (AvgIpc) is 2.78. The van der Waals surface area contributed by atoms with Crippen molar-refractivity contribution in [1.82, 2.24) is 15.1 Å².